The van der Waals surface area contributed by atoms with Gasteiger partial charge in [-0.15, -0.1) is 0 Å². The van der Waals surface area contributed by atoms with E-state index in [-0.39, 0.29) is 0 Å². The van der Waals surface area contributed by atoms with E-state index in [9.17, 15) is 0 Å². The number of aryl methyl sites for hydroxylation is 1. The number of ether oxygens (including phenoxy) is 1. The zero-order valence-electron chi connectivity index (χ0n) is 21.5. The highest BCUT2D eigenvalue weighted by atomic mass is 16.5. The van der Waals surface area contributed by atoms with E-state index < -0.39 is 0 Å². The van der Waals surface area contributed by atoms with E-state index in [1.54, 1.807) is 5.56 Å². The first kappa shape index (κ1) is 23.2. The fourth-order valence-electron chi connectivity index (χ4n) is 8.05. The van der Waals surface area contributed by atoms with Gasteiger partial charge in [0.2, 0.25) is 0 Å². The van der Waals surface area contributed by atoms with Crippen molar-refractivity contribution in [2.45, 2.75) is 83.0 Å². The van der Waals surface area contributed by atoms with E-state index in [1.807, 2.05) is 0 Å². The van der Waals surface area contributed by atoms with Crippen molar-refractivity contribution in [3.8, 4) is 17.0 Å². The molecule has 3 N–H and O–H groups in total. The maximum absolute atomic E-state index is 5.91. The molecule has 0 aliphatic heterocycles. The molecule has 4 bridgehead atoms. The molecule has 3 nitrogen and oxygen atoms in total. The molecular weight excluding hydrogens is 428 g/mol. The lowest BCUT2D eigenvalue weighted by Crippen LogP contribution is -2.48. The Morgan fingerprint density at radius 3 is 2.29 bits per heavy atom. The van der Waals surface area contributed by atoms with E-state index in [1.165, 1.54) is 66.2 Å². The Hall–Kier alpha value is -2.26. The Morgan fingerprint density at radius 1 is 0.914 bits per heavy atom. The topological polar surface area (TPSA) is 51.0 Å². The van der Waals surface area contributed by atoms with Crippen LogP contribution in [-0.4, -0.2) is 18.1 Å². The molecule has 0 unspecified atom stereocenters. The molecule has 35 heavy (non-hydrogen) atoms. The Labute approximate surface area is 210 Å². The first-order valence-electron chi connectivity index (χ1n) is 14.3. The zero-order chi connectivity index (χ0) is 23.8. The van der Waals surface area contributed by atoms with Crippen LogP contribution in [0.3, 0.4) is 0 Å². The van der Waals surface area contributed by atoms with Crippen LogP contribution >= 0.6 is 0 Å². The molecule has 7 rings (SSSR count). The summed E-state index contributed by atoms with van der Waals surface area (Å²) in [6.07, 6.45) is 14.3. The second-order valence-corrected chi connectivity index (χ2v) is 11.9. The van der Waals surface area contributed by atoms with Gasteiger partial charge in [-0.05, 0) is 147 Å². The lowest BCUT2D eigenvalue weighted by Gasteiger charge is -2.57. The number of aromatic amines is 1. The highest BCUT2D eigenvalue weighted by Gasteiger charge is 2.51. The van der Waals surface area contributed by atoms with Crippen LogP contribution in [0, 0.1) is 17.8 Å². The van der Waals surface area contributed by atoms with Gasteiger partial charge in [0, 0.05) is 16.6 Å². The average molecular weight is 471 g/mol. The summed E-state index contributed by atoms with van der Waals surface area (Å²) >= 11 is 0. The minimum absolute atomic E-state index is 0.437. The lowest BCUT2D eigenvalue weighted by molar-refractivity contribution is -0.00513. The summed E-state index contributed by atoms with van der Waals surface area (Å²) in [5.74, 6) is 3.88. The summed E-state index contributed by atoms with van der Waals surface area (Å²) in [6.45, 7) is 3.75. The summed E-state index contributed by atoms with van der Waals surface area (Å²) in [6, 6.07) is 16.1. The predicted molar refractivity (Wildman–Crippen MR) is 146 cm³/mol. The van der Waals surface area contributed by atoms with E-state index in [0.29, 0.717) is 5.41 Å². The van der Waals surface area contributed by atoms with Gasteiger partial charge in [0.05, 0.1) is 6.61 Å². The second-order valence-electron chi connectivity index (χ2n) is 11.9. The molecule has 0 spiro atoms. The first-order chi connectivity index (χ1) is 17.2. The largest absolute Gasteiger partial charge is 0.494 e. The van der Waals surface area contributed by atoms with Gasteiger partial charge in [-0.2, -0.15) is 0 Å². The molecule has 186 valence electrons. The molecule has 0 saturated heterocycles. The summed E-state index contributed by atoms with van der Waals surface area (Å²) in [4.78, 5) is 3.81. The summed E-state index contributed by atoms with van der Waals surface area (Å²) in [7, 11) is 0. The molecule has 3 aromatic rings. The maximum Gasteiger partial charge on any atom is 0.119 e. The molecule has 0 radical (unpaired) electrons. The van der Waals surface area contributed by atoms with Gasteiger partial charge in [0.15, 0.2) is 0 Å². The van der Waals surface area contributed by atoms with Crippen LogP contribution in [0.25, 0.3) is 22.2 Å². The maximum atomic E-state index is 5.91. The third-order valence-corrected chi connectivity index (χ3v) is 9.35. The summed E-state index contributed by atoms with van der Waals surface area (Å²) in [5.41, 5.74) is 13.2. The predicted octanol–water partition coefficient (Wildman–Crippen LogP) is 7.76. The van der Waals surface area contributed by atoms with Gasteiger partial charge in [-0.1, -0.05) is 19.4 Å². The van der Waals surface area contributed by atoms with E-state index in [4.69, 9.17) is 10.5 Å². The SMILES string of the molecule is CCCCOc1ccc(-c2[nH]c3ccc(C45CC6CC(CC(C6)C4)C5)cc3c2CCCCN)cc1. The minimum atomic E-state index is 0.437. The molecule has 1 heterocycles. The molecule has 4 fully saturated rings. The fourth-order valence-corrected chi connectivity index (χ4v) is 8.05. The number of nitrogens with two attached hydrogens (primary N) is 1. The smallest absolute Gasteiger partial charge is 0.119 e. The van der Waals surface area contributed by atoms with E-state index in [2.05, 4.69) is 54.4 Å². The number of aromatic nitrogens is 1. The molecule has 0 atom stereocenters. The van der Waals surface area contributed by atoms with Crippen LogP contribution in [0.4, 0.5) is 0 Å². The summed E-state index contributed by atoms with van der Waals surface area (Å²) in [5, 5.41) is 1.44. The number of nitrogens with one attached hydrogen (secondary N) is 1. The molecule has 4 aliphatic rings. The van der Waals surface area contributed by atoms with Crippen molar-refractivity contribution in [3.63, 3.8) is 0 Å². The van der Waals surface area contributed by atoms with Gasteiger partial charge in [-0.3, -0.25) is 0 Å². The molecule has 3 heteroatoms. The first-order valence-corrected chi connectivity index (χ1v) is 14.3. The van der Waals surface area contributed by atoms with Gasteiger partial charge in [-0.25, -0.2) is 0 Å². The van der Waals surface area contributed by atoms with Gasteiger partial charge >= 0.3 is 0 Å². The number of unbranched alkanes of at least 4 members (excludes halogenated alkanes) is 2. The Bertz CT molecular complexity index is 1120. The third kappa shape index (κ3) is 4.42. The van der Waals surface area contributed by atoms with Crippen LogP contribution in [0.2, 0.25) is 0 Å². The van der Waals surface area contributed by atoms with Crippen molar-refractivity contribution in [1.82, 2.24) is 4.98 Å². The van der Waals surface area contributed by atoms with Crippen molar-refractivity contribution in [2.24, 2.45) is 23.5 Å². The Kier molecular flexibility index (Phi) is 6.39. The van der Waals surface area contributed by atoms with E-state index >= 15 is 0 Å². The van der Waals surface area contributed by atoms with Crippen molar-refractivity contribution < 1.29 is 4.74 Å². The van der Waals surface area contributed by atoms with E-state index in [0.717, 1.165) is 68.8 Å². The highest BCUT2D eigenvalue weighted by Crippen LogP contribution is 2.61. The molecule has 0 amide bonds. The number of rotatable bonds is 10. The minimum Gasteiger partial charge on any atom is -0.494 e. The number of fused-ring (bicyclic) bond motifs is 1. The molecule has 4 aliphatic carbocycles. The van der Waals surface area contributed by atoms with Crippen molar-refractivity contribution in [2.75, 3.05) is 13.2 Å². The number of H-pyrrole nitrogens is 1. The van der Waals surface area contributed by atoms with Gasteiger partial charge in [0.25, 0.3) is 0 Å². The highest BCUT2D eigenvalue weighted by molar-refractivity contribution is 5.91. The number of benzene rings is 2. The molecular formula is C32H42N2O. The number of hydrogen-bond acceptors (Lipinski definition) is 2. The number of hydrogen-bond donors (Lipinski definition) is 2. The van der Waals surface area contributed by atoms with Crippen molar-refractivity contribution in [1.29, 1.82) is 0 Å². The van der Waals surface area contributed by atoms with Crippen LogP contribution < -0.4 is 10.5 Å². The third-order valence-electron chi connectivity index (χ3n) is 9.35. The average Bonchev–Trinajstić information content (AvgIpc) is 3.22. The second kappa shape index (κ2) is 9.65. The Balaban J connectivity index is 1.35. The lowest BCUT2D eigenvalue weighted by atomic mass is 9.48. The molecule has 2 aromatic carbocycles. The quantitative estimate of drug-likeness (QED) is 0.297. The van der Waals surface area contributed by atoms with Crippen LogP contribution in [0.5, 0.6) is 5.75 Å². The zero-order valence-corrected chi connectivity index (χ0v) is 21.5. The van der Waals surface area contributed by atoms with Gasteiger partial charge in [0.1, 0.15) is 5.75 Å². The molecule has 1 aromatic heterocycles. The standard InChI is InChI=1S/C32H42N2O/c1-2-3-14-35-27-10-7-25(8-11-27)31-28(6-4-5-13-33)29-18-26(9-12-30(29)34-31)32-19-22-15-23(20-32)17-24(16-22)21-32/h7-12,18,22-24,34H,2-6,13-17,19-21,33H2,1H3. The van der Waals surface area contributed by atoms with Crippen molar-refractivity contribution >= 4 is 10.9 Å². The summed E-state index contributed by atoms with van der Waals surface area (Å²) < 4.78 is 5.91. The van der Waals surface area contributed by atoms with Crippen LogP contribution in [0.1, 0.15) is 82.3 Å². The van der Waals surface area contributed by atoms with Crippen LogP contribution in [0.15, 0.2) is 42.5 Å². The fraction of sp³-hybridized carbons (Fsp3) is 0.562. The monoisotopic (exact) mass is 470 g/mol. The molecule has 4 saturated carbocycles. The normalized spacial score (nSPS) is 27.1. The Morgan fingerprint density at radius 2 is 1.63 bits per heavy atom. The van der Waals surface area contributed by atoms with Crippen molar-refractivity contribution in [3.05, 3.63) is 53.6 Å². The van der Waals surface area contributed by atoms with Crippen LogP contribution in [-0.2, 0) is 11.8 Å². The van der Waals surface area contributed by atoms with Gasteiger partial charge < -0.3 is 15.5 Å².